The molecule has 4 heteroatoms. The molecule has 0 saturated heterocycles. The van der Waals surface area contributed by atoms with E-state index in [1.54, 1.807) is 0 Å². The molecule has 0 aromatic heterocycles. The summed E-state index contributed by atoms with van der Waals surface area (Å²) >= 11 is 0. The molecule has 1 aromatic rings. The van der Waals surface area contributed by atoms with E-state index in [9.17, 15) is 4.79 Å². The standard InChI is InChI=1S/C17H23NO3/c1-20-16(19)17(11-18,13-6-7-13)10-15-14-5-3-2-4-12(14)8-9-21-15/h2-5,13,15H,6-11,18H2,1H3. The SMILES string of the molecule is COC(=O)C(CN)(CC1OCCc2ccccc21)C1CC1. The summed E-state index contributed by atoms with van der Waals surface area (Å²) in [6.07, 6.45) is 3.61. The van der Waals surface area contributed by atoms with E-state index in [2.05, 4.69) is 18.2 Å². The molecule has 2 unspecified atom stereocenters. The monoisotopic (exact) mass is 289 g/mol. The topological polar surface area (TPSA) is 61.5 Å². The fourth-order valence-electron chi connectivity index (χ4n) is 3.57. The summed E-state index contributed by atoms with van der Waals surface area (Å²) in [5.74, 6) is 0.159. The van der Waals surface area contributed by atoms with Gasteiger partial charge >= 0.3 is 5.97 Å². The van der Waals surface area contributed by atoms with Gasteiger partial charge in [0.15, 0.2) is 0 Å². The number of rotatable bonds is 5. The van der Waals surface area contributed by atoms with Gasteiger partial charge in [-0.3, -0.25) is 4.79 Å². The minimum Gasteiger partial charge on any atom is -0.469 e. The van der Waals surface area contributed by atoms with Crippen LogP contribution in [0.2, 0.25) is 0 Å². The van der Waals surface area contributed by atoms with Crippen LogP contribution in [0.3, 0.4) is 0 Å². The number of methoxy groups -OCH3 is 1. The molecular weight excluding hydrogens is 266 g/mol. The van der Waals surface area contributed by atoms with Crippen LogP contribution in [0.5, 0.6) is 0 Å². The number of carbonyl (C=O) groups is 1. The van der Waals surface area contributed by atoms with Crippen molar-refractivity contribution in [2.45, 2.75) is 31.8 Å². The summed E-state index contributed by atoms with van der Waals surface area (Å²) < 4.78 is 11.0. The molecule has 3 rings (SSSR count). The third-order valence-corrected chi connectivity index (χ3v) is 4.96. The van der Waals surface area contributed by atoms with Gasteiger partial charge in [-0.25, -0.2) is 0 Å². The van der Waals surface area contributed by atoms with Crippen molar-refractivity contribution in [1.29, 1.82) is 0 Å². The molecule has 1 aliphatic carbocycles. The molecule has 1 aliphatic heterocycles. The van der Waals surface area contributed by atoms with Crippen molar-refractivity contribution in [1.82, 2.24) is 0 Å². The van der Waals surface area contributed by atoms with E-state index < -0.39 is 5.41 Å². The molecule has 1 saturated carbocycles. The second-order valence-corrected chi connectivity index (χ2v) is 6.14. The van der Waals surface area contributed by atoms with Crippen molar-refractivity contribution in [3.8, 4) is 0 Å². The Balaban J connectivity index is 1.89. The van der Waals surface area contributed by atoms with Crippen LogP contribution in [0.15, 0.2) is 24.3 Å². The van der Waals surface area contributed by atoms with Gasteiger partial charge < -0.3 is 15.2 Å². The molecule has 0 radical (unpaired) electrons. The smallest absolute Gasteiger partial charge is 0.313 e. The molecule has 2 aliphatic rings. The molecule has 1 heterocycles. The van der Waals surface area contributed by atoms with Crippen LogP contribution in [0.4, 0.5) is 0 Å². The Hall–Kier alpha value is -1.39. The molecule has 0 bridgehead atoms. The second-order valence-electron chi connectivity index (χ2n) is 6.14. The summed E-state index contributed by atoms with van der Waals surface area (Å²) in [5.41, 5.74) is 7.93. The van der Waals surface area contributed by atoms with Gasteiger partial charge in [-0.2, -0.15) is 0 Å². The van der Waals surface area contributed by atoms with Crippen molar-refractivity contribution in [2.24, 2.45) is 17.1 Å². The first-order valence-electron chi connectivity index (χ1n) is 7.69. The van der Waals surface area contributed by atoms with Crippen LogP contribution < -0.4 is 5.73 Å². The lowest BCUT2D eigenvalue weighted by Gasteiger charge is -2.35. The zero-order valence-electron chi connectivity index (χ0n) is 12.5. The van der Waals surface area contributed by atoms with E-state index >= 15 is 0 Å². The average Bonchev–Trinajstić information content (AvgIpc) is 3.37. The number of fused-ring (bicyclic) bond motifs is 1. The zero-order valence-corrected chi connectivity index (χ0v) is 12.5. The highest BCUT2D eigenvalue weighted by Gasteiger charge is 2.52. The Bertz CT molecular complexity index is 527. The highest BCUT2D eigenvalue weighted by molar-refractivity contribution is 5.78. The molecule has 4 nitrogen and oxygen atoms in total. The third-order valence-electron chi connectivity index (χ3n) is 4.96. The number of carbonyl (C=O) groups excluding carboxylic acids is 1. The van der Waals surface area contributed by atoms with Crippen molar-refractivity contribution in [2.75, 3.05) is 20.3 Å². The predicted octanol–water partition coefficient (Wildman–Crippen LogP) is 2.22. The highest BCUT2D eigenvalue weighted by atomic mass is 16.5. The van der Waals surface area contributed by atoms with Gasteiger partial charge in [-0.1, -0.05) is 24.3 Å². The summed E-state index contributed by atoms with van der Waals surface area (Å²) in [7, 11) is 1.45. The minimum atomic E-state index is -0.593. The quantitative estimate of drug-likeness (QED) is 0.844. The largest absolute Gasteiger partial charge is 0.469 e. The number of esters is 1. The van der Waals surface area contributed by atoms with Crippen molar-refractivity contribution >= 4 is 5.97 Å². The van der Waals surface area contributed by atoms with E-state index in [0.29, 0.717) is 25.5 Å². The molecule has 0 spiro atoms. The Labute approximate surface area is 125 Å². The van der Waals surface area contributed by atoms with Gasteiger partial charge in [0.05, 0.1) is 25.2 Å². The molecule has 114 valence electrons. The number of ether oxygens (including phenoxy) is 2. The molecule has 21 heavy (non-hydrogen) atoms. The number of hydrogen-bond donors (Lipinski definition) is 1. The highest BCUT2D eigenvalue weighted by Crippen LogP contribution is 2.51. The molecule has 1 fully saturated rings. The third kappa shape index (κ3) is 2.58. The van der Waals surface area contributed by atoms with Crippen LogP contribution in [0, 0.1) is 11.3 Å². The summed E-state index contributed by atoms with van der Waals surface area (Å²) in [6.45, 7) is 1.03. The van der Waals surface area contributed by atoms with Crippen molar-refractivity contribution in [3.63, 3.8) is 0 Å². The lowest BCUT2D eigenvalue weighted by atomic mass is 9.75. The first-order valence-corrected chi connectivity index (χ1v) is 7.69. The second kappa shape index (κ2) is 5.78. The number of nitrogens with two attached hydrogens (primary N) is 1. The maximum atomic E-state index is 12.4. The Morgan fingerprint density at radius 2 is 2.19 bits per heavy atom. The van der Waals surface area contributed by atoms with Gasteiger partial charge in [-0.05, 0) is 42.7 Å². The van der Waals surface area contributed by atoms with Crippen molar-refractivity contribution < 1.29 is 14.3 Å². The normalized spacial score (nSPS) is 24.0. The Kier molecular flexibility index (Phi) is 4.00. The van der Waals surface area contributed by atoms with E-state index in [1.807, 2.05) is 6.07 Å². The van der Waals surface area contributed by atoms with Crippen LogP contribution >= 0.6 is 0 Å². The molecule has 2 N–H and O–H groups in total. The van der Waals surface area contributed by atoms with Crippen LogP contribution in [-0.4, -0.2) is 26.2 Å². The Morgan fingerprint density at radius 3 is 2.86 bits per heavy atom. The lowest BCUT2D eigenvalue weighted by Crippen LogP contribution is -2.43. The minimum absolute atomic E-state index is 0.0572. The fraction of sp³-hybridized carbons (Fsp3) is 0.588. The van der Waals surface area contributed by atoms with E-state index in [1.165, 1.54) is 18.2 Å². The van der Waals surface area contributed by atoms with Crippen LogP contribution in [0.25, 0.3) is 0 Å². The van der Waals surface area contributed by atoms with Crippen LogP contribution in [0.1, 0.15) is 36.5 Å². The Morgan fingerprint density at radius 1 is 1.43 bits per heavy atom. The lowest BCUT2D eigenvalue weighted by molar-refractivity contribution is -0.157. The first-order chi connectivity index (χ1) is 10.2. The maximum Gasteiger partial charge on any atom is 0.313 e. The van der Waals surface area contributed by atoms with Gasteiger partial charge in [0.25, 0.3) is 0 Å². The summed E-state index contributed by atoms with van der Waals surface area (Å²) in [4.78, 5) is 12.4. The number of hydrogen-bond acceptors (Lipinski definition) is 4. The molecule has 0 amide bonds. The first kappa shape index (κ1) is 14.5. The van der Waals surface area contributed by atoms with Gasteiger partial charge in [0.1, 0.15) is 0 Å². The maximum absolute atomic E-state index is 12.4. The average molecular weight is 289 g/mol. The molecule has 1 aromatic carbocycles. The van der Waals surface area contributed by atoms with Crippen molar-refractivity contribution in [3.05, 3.63) is 35.4 Å². The van der Waals surface area contributed by atoms with Gasteiger partial charge in [0, 0.05) is 6.54 Å². The van der Waals surface area contributed by atoms with Gasteiger partial charge in [0.2, 0.25) is 0 Å². The predicted molar refractivity (Wildman–Crippen MR) is 79.7 cm³/mol. The summed E-state index contributed by atoms with van der Waals surface area (Å²) in [6, 6.07) is 8.33. The van der Waals surface area contributed by atoms with Crippen LogP contribution in [-0.2, 0) is 20.7 Å². The van der Waals surface area contributed by atoms with E-state index in [-0.39, 0.29) is 12.1 Å². The zero-order chi connectivity index (χ0) is 14.9. The molecule has 2 atom stereocenters. The fourth-order valence-corrected chi connectivity index (χ4v) is 3.57. The van der Waals surface area contributed by atoms with E-state index in [0.717, 1.165) is 19.3 Å². The van der Waals surface area contributed by atoms with E-state index in [4.69, 9.17) is 15.2 Å². The van der Waals surface area contributed by atoms with Gasteiger partial charge in [-0.15, -0.1) is 0 Å². The summed E-state index contributed by atoms with van der Waals surface area (Å²) in [5, 5.41) is 0. The molecular formula is C17H23NO3. The number of benzene rings is 1.